The van der Waals surface area contributed by atoms with E-state index in [1.54, 1.807) is 24.4 Å². The largest absolute Gasteiger partial charge is 0.506 e. The third-order valence-electron chi connectivity index (χ3n) is 2.18. The minimum Gasteiger partial charge on any atom is -0.506 e. The SMILES string of the molecule is CCOC(=O)c1csc(-c2ccc(O)c(Cl)c2)n1. The molecule has 0 amide bonds. The molecule has 94 valence electrons. The summed E-state index contributed by atoms with van der Waals surface area (Å²) in [7, 11) is 0. The zero-order valence-electron chi connectivity index (χ0n) is 9.51. The summed E-state index contributed by atoms with van der Waals surface area (Å²) in [5, 5.41) is 11.9. The van der Waals surface area contributed by atoms with Crippen LogP contribution < -0.4 is 0 Å². The molecule has 1 aromatic heterocycles. The third kappa shape index (κ3) is 2.63. The predicted molar refractivity (Wildman–Crippen MR) is 70.2 cm³/mol. The van der Waals surface area contributed by atoms with Crippen LogP contribution in [0.1, 0.15) is 17.4 Å². The lowest BCUT2D eigenvalue weighted by Crippen LogP contribution is -2.04. The summed E-state index contributed by atoms with van der Waals surface area (Å²) in [6.45, 7) is 2.06. The molecule has 2 rings (SSSR count). The summed E-state index contributed by atoms with van der Waals surface area (Å²) < 4.78 is 4.86. The second-order valence-corrected chi connectivity index (χ2v) is 4.69. The molecule has 6 heteroatoms. The van der Waals surface area contributed by atoms with Gasteiger partial charge in [-0.2, -0.15) is 0 Å². The lowest BCUT2D eigenvalue weighted by atomic mass is 10.2. The fourth-order valence-electron chi connectivity index (χ4n) is 1.35. The first kappa shape index (κ1) is 12.9. The Kier molecular flexibility index (Phi) is 3.84. The Morgan fingerprint density at radius 1 is 1.56 bits per heavy atom. The predicted octanol–water partition coefficient (Wildman–Crippen LogP) is 3.35. The van der Waals surface area contributed by atoms with E-state index in [1.165, 1.54) is 17.4 Å². The van der Waals surface area contributed by atoms with Crippen LogP contribution >= 0.6 is 22.9 Å². The molecule has 1 heterocycles. The van der Waals surface area contributed by atoms with E-state index >= 15 is 0 Å². The number of aromatic nitrogens is 1. The van der Waals surface area contributed by atoms with Crippen molar-refractivity contribution < 1.29 is 14.6 Å². The van der Waals surface area contributed by atoms with E-state index < -0.39 is 5.97 Å². The molecule has 0 saturated carbocycles. The molecule has 0 aliphatic rings. The van der Waals surface area contributed by atoms with Gasteiger partial charge in [0.2, 0.25) is 0 Å². The zero-order valence-corrected chi connectivity index (χ0v) is 11.1. The van der Waals surface area contributed by atoms with Gasteiger partial charge in [0.1, 0.15) is 10.8 Å². The molecule has 1 N–H and O–H groups in total. The van der Waals surface area contributed by atoms with Crippen molar-refractivity contribution in [2.75, 3.05) is 6.61 Å². The summed E-state index contributed by atoms with van der Waals surface area (Å²) >= 11 is 7.14. The number of halogens is 1. The van der Waals surface area contributed by atoms with Gasteiger partial charge < -0.3 is 9.84 Å². The van der Waals surface area contributed by atoms with Gasteiger partial charge in [0.15, 0.2) is 5.69 Å². The number of thiazole rings is 1. The quantitative estimate of drug-likeness (QED) is 0.878. The second-order valence-electron chi connectivity index (χ2n) is 3.42. The van der Waals surface area contributed by atoms with Gasteiger partial charge in [0.25, 0.3) is 0 Å². The van der Waals surface area contributed by atoms with Crippen molar-refractivity contribution in [2.45, 2.75) is 6.92 Å². The smallest absolute Gasteiger partial charge is 0.357 e. The minimum absolute atomic E-state index is 0.0163. The Hall–Kier alpha value is -1.59. The van der Waals surface area contributed by atoms with Crippen molar-refractivity contribution in [1.82, 2.24) is 4.98 Å². The maximum Gasteiger partial charge on any atom is 0.357 e. The van der Waals surface area contributed by atoms with E-state index in [9.17, 15) is 9.90 Å². The molecule has 18 heavy (non-hydrogen) atoms. The maximum atomic E-state index is 11.5. The fourth-order valence-corrected chi connectivity index (χ4v) is 2.31. The number of hydrogen-bond donors (Lipinski definition) is 1. The highest BCUT2D eigenvalue weighted by atomic mass is 35.5. The van der Waals surface area contributed by atoms with Crippen molar-refractivity contribution in [3.05, 3.63) is 34.3 Å². The first-order valence-corrected chi connectivity index (χ1v) is 6.49. The number of nitrogens with zero attached hydrogens (tertiary/aromatic N) is 1. The van der Waals surface area contributed by atoms with E-state index in [0.29, 0.717) is 11.6 Å². The molecule has 0 radical (unpaired) electrons. The molecule has 0 aliphatic carbocycles. The Bertz CT molecular complexity index is 582. The number of aromatic hydroxyl groups is 1. The molecular weight excluding hydrogens is 274 g/mol. The molecule has 0 spiro atoms. The highest BCUT2D eigenvalue weighted by molar-refractivity contribution is 7.13. The van der Waals surface area contributed by atoms with Gasteiger partial charge >= 0.3 is 5.97 Å². The first-order valence-electron chi connectivity index (χ1n) is 5.23. The monoisotopic (exact) mass is 283 g/mol. The number of carbonyl (C=O) groups excluding carboxylic acids is 1. The minimum atomic E-state index is -0.440. The molecule has 1 aromatic carbocycles. The summed E-state index contributed by atoms with van der Waals surface area (Å²) in [5.74, 6) is -0.424. The molecule has 0 aliphatic heterocycles. The van der Waals surface area contributed by atoms with Gasteiger partial charge in [0, 0.05) is 10.9 Å². The highest BCUT2D eigenvalue weighted by Crippen LogP contribution is 2.31. The van der Waals surface area contributed by atoms with Crippen LogP contribution in [0.15, 0.2) is 23.6 Å². The number of benzene rings is 1. The molecule has 0 atom stereocenters. The third-order valence-corrected chi connectivity index (χ3v) is 3.38. The average Bonchev–Trinajstić information content (AvgIpc) is 2.82. The van der Waals surface area contributed by atoms with Crippen molar-refractivity contribution in [1.29, 1.82) is 0 Å². The van der Waals surface area contributed by atoms with Crippen LogP contribution in [0, 0.1) is 0 Å². The van der Waals surface area contributed by atoms with Gasteiger partial charge in [-0.25, -0.2) is 9.78 Å². The molecule has 0 unspecified atom stereocenters. The highest BCUT2D eigenvalue weighted by Gasteiger charge is 2.13. The summed E-state index contributed by atoms with van der Waals surface area (Å²) in [6, 6.07) is 4.78. The van der Waals surface area contributed by atoms with Crippen molar-refractivity contribution >= 4 is 28.9 Å². The second kappa shape index (κ2) is 5.37. The number of rotatable bonds is 3. The zero-order chi connectivity index (χ0) is 13.1. The topological polar surface area (TPSA) is 59.4 Å². The van der Waals surface area contributed by atoms with Crippen LogP contribution in [-0.4, -0.2) is 22.7 Å². The lowest BCUT2D eigenvalue weighted by molar-refractivity contribution is 0.0520. The summed E-state index contributed by atoms with van der Waals surface area (Å²) in [5.41, 5.74) is 1.03. The van der Waals surface area contributed by atoms with Gasteiger partial charge in [-0.15, -0.1) is 11.3 Å². The summed E-state index contributed by atoms with van der Waals surface area (Å²) in [6.07, 6.45) is 0. The van der Waals surface area contributed by atoms with E-state index in [4.69, 9.17) is 16.3 Å². The molecule has 0 fully saturated rings. The molecular formula is C12H10ClNO3S. The van der Waals surface area contributed by atoms with Crippen LogP contribution in [0.5, 0.6) is 5.75 Å². The van der Waals surface area contributed by atoms with Crippen LogP contribution in [0.2, 0.25) is 5.02 Å². The van der Waals surface area contributed by atoms with Crippen LogP contribution in [0.25, 0.3) is 10.6 Å². The van der Waals surface area contributed by atoms with E-state index in [1.807, 2.05) is 0 Å². The average molecular weight is 284 g/mol. The first-order chi connectivity index (χ1) is 8.61. The fraction of sp³-hybridized carbons (Fsp3) is 0.167. The van der Waals surface area contributed by atoms with Crippen LogP contribution in [-0.2, 0) is 4.74 Å². The number of ether oxygens (including phenoxy) is 1. The number of phenolic OH excluding ortho intramolecular Hbond substituents is 1. The van der Waals surface area contributed by atoms with Gasteiger partial charge in [-0.3, -0.25) is 0 Å². The maximum absolute atomic E-state index is 11.5. The van der Waals surface area contributed by atoms with E-state index in [2.05, 4.69) is 4.98 Å². The standard InChI is InChI=1S/C12H10ClNO3S/c1-2-17-12(16)9-6-18-11(14-9)7-3-4-10(15)8(13)5-7/h3-6,15H,2H2,1H3. The Labute approximate surface area is 113 Å². The summed E-state index contributed by atoms with van der Waals surface area (Å²) in [4.78, 5) is 15.6. The Morgan fingerprint density at radius 3 is 3.00 bits per heavy atom. The number of hydrogen-bond acceptors (Lipinski definition) is 5. The lowest BCUT2D eigenvalue weighted by Gasteiger charge is -1.99. The molecule has 4 nitrogen and oxygen atoms in total. The van der Waals surface area contributed by atoms with Crippen molar-refractivity contribution in [3.63, 3.8) is 0 Å². The Balaban J connectivity index is 2.29. The van der Waals surface area contributed by atoms with Crippen molar-refractivity contribution in [2.24, 2.45) is 0 Å². The van der Waals surface area contributed by atoms with E-state index in [0.717, 1.165) is 5.56 Å². The van der Waals surface area contributed by atoms with E-state index in [-0.39, 0.29) is 16.5 Å². The van der Waals surface area contributed by atoms with Gasteiger partial charge in [-0.1, -0.05) is 11.6 Å². The number of phenols is 1. The number of carbonyl (C=O) groups is 1. The van der Waals surface area contributed by atoms with Gasteiger partial charge in [-0.05, 0) is 25.1 Å². The Morgan fingerprint density at radius 2 is 2.33 bits per heavy atom. The molecule has 0 bridgehead atoms. The molecule has 0 saturated heterocycles. The molecule has 2 aromatic rings. The number of esters is 1. The van der Waals surface area contributed by atoms with Crippen LogP contribution in [0.3, 0.4) is 0 Å². The van der Waals surface area contributed by atoms with Gasteiger partial charge in [0.05, 0.1) is 11.6 Å². The normalized spacial score (nSPS) is 10.3. The van der Waals surface area contributed by atoms with Crippen molar-refractivity contribution in [3.8, 4) is 16.3 Å². The van der Waals surface area contributed by atoms with Crippen LogP contribution in [0.4, 0.5) is 0 Å².